The highest BCUT2D eigenvalue weighted by atomic mass is 16.5. The Morgan fingerprint density at radius 1 is 1.12 bits per heavy atom. The van der Waals surface area contributed by atoms with E-state index in [2.05, 4.69) is 36.6 Å². The third kappa shape index (κ3) is 4.83. The number of anilines is 1. The average molecular weight is 326 g/mol. The summed E-state index contributed by atoms with van der Waals surface area (Å²) in [4.78, 5) is 11.2. The summed E-state index contributed by atoms with van der Waals surface area (Å²) in [5, 5.41) is 6.38. The zero-order valence-electron chi connectivity index (χ0n) is 14.8. The number of methoxy groups -OCH3 is 1. The minimum atomic E-state index is -0.0578. The zero-order chi connectivity index (χ0) is 17.5. The van der Waals surface area contributed by atoms with Gasteiger partial charge in [0, 0.05) is 25.2 Å². The Kier molecular flexibility index (Phi) is 6.38. The molecule has 0 saturated heterocycles. The minimum absolute atomic E-state index is 0.0578. The van der Waals surface area contributed by atoms with Gasteiger partial charge in [0.1, 0.15) is 5.75 Å². The zero-order valence-corrected chi connectivity index (χ0v) is 14.8. The maximum atomic E-state index is 11.2. The Balaban J connectivity index is 1.99. The number of carbonyl (C=O) groups is 1. The molecule has 0 bridgehead atoms. The lowest BCUT2D eigenvalue weighted by molar-refractivity contribution is -0.114. The molecule has 24 heavy (non-hydrogen) atoms. The van der Waals surface area contributed by atoms with Crippen molar-refractivity contribution in [2.75, 3.05) is 19.0 Å². The van der Waals surface area contributed by atoms with E-state index in [1.165, 1.54) is 12.5 Å². The highest BCUT2D eigenvalue weighted by molar-refractivity contribution is 5.88. The molecule has 128 valence electrons. The largest absolute Gasteiger partial charge is 0.496 e. The summed E-state index contributed by atoms with van der Waals surface area (Å²) in [5.41, 5.74) is 3.17. The Hall–Kier alpha value is -2.33. The molecule has 0 unspecified atom stereocenters. The fraction of sp³-hybridized carbons (Fsp3) is 0.350. The van der Waals surface area contributed by atoms with Crippen molar-refractivity contribution in [1.82, 2.24) is 5.32 Å². The Bertz CT molecular complexity index is 685. The molecular weight excluding hydrogens is 300 g/mol. The molecule has 2 aromatic rings. The summed E-state index contributed by atoms with van der Waals surface area (Å²) >= 11 is 0. The van der Waals surface area contributed by atoms with Crippen molar-refractivity contribution in [3.05, 3.63) is 59.7 Å². The second-order valence-corrected chi connectivity index (χ2v) is 6.08. The van der Waals surface area contributed by atoms with Gasteiger partial charge in [-0.05, 0) is 42.2 Å². The van der Waals surface area contributed by atoms with Gasteiger partial charge >= 0.3 is 0 Å². The number of carbonyl (C=O) groups excluding carboxylic acids is 1. The van der Waals surface area contributed by atoms with E-state index < -0.39 is 0 Å². The van der Waals surface area contributed by atoms with Gasteiger partial charge < -0.3 is 15.4 Å². The molecule has 2 atom stereocenters. The summed E-state index contributed by atoms with van der Waals surface area (Å²) in [6.07, 6.45) is 0. The van der Waals surface area contributed by atoms with Crippen LogP contribution in [0.25, 0.3) is 0 Å². The van der Waals surface area contributed by atoms with Crippen molar-refractivity contribution in [2.45, 2.75) is 32.7 Å². The molecule has 0 aromatic heterocycles. The molecule has 4 heteroatoms. The van der Waals surface area contributed by atoms with E-state index in [-0.39, 0.29) is 11.9 Å². The number of ether oxygens (including phenoxy) is 1. The highest BCUT2D eigenvalue weighted by Gasteiger charge is 2.13. The van der Waals surface area contributed by atoms with Gasteiger partial charge in [-0.25, -0.2) is 0 Å². The molecule has 1 amide bonds. The molecule has 0 saturated carbocycles. The molecule has 0 aliphatic carbocycles. The molecule has 0 aliphatic heterocycles. The third-order valence-electron chi connectivity index (χ3n) is 4.11. The molecule has 0 aliphatic rings. The van der Waals surface area contributed by atoms with Crippen LogP contribution >= 0.6 is 0 Å². The second kappa shape index (κ2) is 8.50. The molecular formula is C20H26N2O2. The van der Waals surface area contributed by atoms with Crippen molar-refractivity contribution in [3.8, 4) is 5.75 Å². The fourth-order valence-electron chi connectivity index (χ4n) is 2.74. The summed E-state index contributed by atoms with van der Waals surface area (Å²) in [7, 11) is 1.70. The number of rotatable bonds is 7. The first kappa shape index (κ1) is 18.0. The number of hydrogen-bond acceptors (Lipinski definition) is 3. The first-order valence-electron chi connectivity index (χ1n) is 8.25. The third-order valence-corrected chi connectivity index (χ3v) is 4.11. The van der Waals surface area contributed by atoms with Gasteiger partial charge in [-0.1, -0.05) is 37.3 Å². The van der Waals surface area contributed by atoms with Crippen molar-refractivity contribution < 1.29 is 9.53 Å². The first-order chi connectivity index (χ1) is 11.5. The summed E-state index contributed by atoms with van der Waals surface area (Å²) in [6, 6.07) is 16.2. The first-order valence-corrected chi connectivity index (χ1v) is 8.25. The van der Waals surface area contributed by atoms with Crippen LogP contribution in [-0.4, -0.2) is 19.6 Å². The van der Waals surface area contributed by atoms with Gasteiger partial charge in [0.15, 0.2) is 0 Å². The number of nitrogens with one attached hydrogen (secondary N) is 2. The number of amides is 1. The molecule has 4 nitrogen and oxygen atoms in total. The monoisotopic (exact) mass is 326 g/mol. The van der Waals surface area contributed by atoms with Crippen molar-refractivity contribution in [2.24, 2.45) is 0 Å². The van der Waals surface area contributed by atoms with Gasteiger partial charge in [0.2, 0.25) is 5.91 Å². The molecule has 2 rings (SSSR count). The topological polar surface area (TPSA) is 50.4 Å². The Morgan fingerprint density at radius 3 is 2.58 bits per heavy atom. The normalized spacial score (nSPS) is 13.2. The molecule has 2 aromatic carbocycles. The van der Waals surface area contributed by atoms with Crippen molar-refractivity contribution in [1.29, 1.82) is 0 Å². The maximum Gasteiger partial charge on any atom is 0.221 e. The predicted octanol–water partition coefficient (Wildman–Crippen LogP) is 4.11. The van der Waals surface area contributed by atoms with Crippen LogP contribution < -0.4 is 15.4 Å². The van der Waals surface area contributed by atoms with Gasteiger partial charge in [0.05, 0.1) is 7.11 Å². The lowest BCUT2D eigenvalue weighted by Gasteiger charge is -2.20. The fourth-order valence-corrected chi connectivity index (χ4v) is 2.74. The van der Waals surface area contributed by atoms with E-state index in [0.29, 0.717) is 5.92 Å². The van der Waals surface area contributed by atoms with Gasteiger partial charge in [-0.3, -0.25) is 4.79 Å². The molecule has 0 heterocycles. The molecule has 0 fully saturated rings. The van der Waals surface area contributed by atoms with Crippen LogP contribution in [0, 0.1) is 0 Å². The molecule has 2 N–H and O–H groups in total. The van der Waals surface area contributed by atoms with Crippen molar-refractivity contribution in [3.63, 3.8) is 0 Å². The Labute approximate surface area is 144 Å². The van der Waals surface area contributed by atoms with Crippen LogP contribution in [0.3, 0.4) is 0 Å². The molecule has 0 spiro atoms. The quantitative estimate of drug-likeness (QED) is 0.805. The average Bonchev–Trinajstić information content (AvgIpc) is 2.59. The van der Waals surface area contributed by atoms with Crippen LogP contribution in [0.2, 0.25) is 0 Å². The van der Waals surface area contributed by atoms with Gasteiger partial charge in [0.25, 0.3) is 0 Å². The number of para-hydroxylation sites is 1. The van der Waals surface area contributed by atoms with Crippen LogP contribution in [0.1, 0.15) is 43.9 Å². The summed E-state index contributed by atoms with van der Waals surface area (Å²) in [6.45, 7) is 6.67. The van der Waals surface area contributed by atoms with E-state index in [1.807, 2.05) is 36.4 Å². The van der Waals surface area contributed by atoms with E-state index in [4.69, 9.17) is 4.74 Å². The summed E-state index contributed by atoms with van der Waals surface area (Å²) < 4.78 is 5.44. The van der Waals surface area contributed by atoms with E-state index >= 15 is 0 Å². The van der Waals surface area contributed by atoms with Crippen molar-refractivity contribution >= 4 is 11.6 Å². The number of benzene rings is 2. The Morgan fingerprint density at radius 2 is 1.88 bits per heavy atom. The minimum Gasteiger partial charge on any atom is -0.496 e. The predicted molar refractivity (Wildman–Crippen MR) is 98.6 cm³/mol. The van der Waals surface area contributed by atoms with E-state index in [9.17, 15) is 4.79 Å². The van der Waals surface area contributed by atoms with Gasteiger partial charge in [-0.15, -0.1) is 0 Å². The van der Waals surface area contributed by atoms with Crippen LogP contribution in [-0.2, 0) is 4.79 Å². The van der Waals surface area contributed by atoms with Gasteiger partial charge in [-0.2, -0.15) is 0 Å². The lowest BCUT2D eigenvalue weighted by Crippen LogP contribution is -2.24. The summed E-state index contributed by atoms with van der Waals surface area (Å²) in [5.74, 6) is 1.20. The van der Waals surface area contributed by atoms with Crippen LogP contribution in [0.5, 0.6) is 5.75 Å². The van der Waals surface area contributed by atoms with E-state index in [1.54, 1.807) is 7.11 Å². The van der Waals surface area contributed by atoms with E-state index in [0.717, 1.165) is 23.5 Å². The highest BCUT2D eigenvalue weighted by Crippen LogP contribution is 2.26. The van der Waals surface area contributed by atoms with Crippen LogP contribution in [0.15, 0.2) is 48.5 Å². The lowest BCUT2D eigenvalue weighted by atomic mass is 9.99. The van der Waals surface area contributed by atoms with Crippen LogP contribution in [0.4, 0.5) is 5.69 Å². The molecule has 0 radical (unpaired) electrons. The SMILES string of the molecule is COc1ccccc1[C@@H](C)CN[C@H](C)c1cccc(NC(C)=O)c1. The smallest absolute Gasteiger partial charge is 0.221 e. The number of hydrogen-bond donors (Lipinski definition) is 2. The standard InChI is InChI=1S/C20H26N2O2/c1-14(19-10-5-6-11-20(19)24-4)13-21-15(2)17-8-7-9-18(12-17)22-16(3)23/h5-12,14-15,21H,13H2,1-4H3,(H,22,23)/t14-,15+/m0/s1. The second-order valence-electron chi connectivity index (χ2n) is 6.08. The maximum absolute atomic E-state index is 11.2.